The Morgan fingerprint density at radius 3 is 2.48 bits per heavy atom. The summed E-state index contributed by atoms with van der Waals surface area (Å²) < 4.78 is 5.57. The number of guanidine groups is 1. The predicted octanol–water partition coefficient (Wildman–Crippen LogP) is 2.99. The highest BCUT2D eigenvalue weighted by Gasteiger charge is 2.38. The van der Waals surface area contributed by atoms with Crippen LogP contribution in [0.2, 0.25) is 0 Å². The van der Waals surface area contributed by atoms with Gasteiger partial charge in [-0.15, -0.1) is 24.0 Å². The highest BCUT2D eigenvalue weighted by Crippen LogP contribution is 2.34. The summed E-state index contributed by atoms with van der Waals surface area (Å²) in [6, 6.07) is 0. The lowest BCUT2D eigenvalue weighted by Gasteiger charge is -2.48. The summed E-state index contributed by atoms with van der Waals surface area (Å²) in [5.74, 6) is 2.00. The second-order valence-corrected chi connectivity index (χ2v) is 7.82. The third-order valence-electron chi connectivity index (χ3n) is 6.05. The summed E-state index contributed by atoms with van der Waals surface area (Å²) in [5.41, 5.74) is 0.299. The van der Waals surface area contributed by atoms with E-state index >= 15 is 0 Å². The van der Waals surface area contributed by atoms with Crippen molar-refractivity contribution >= 4 is 29.9 Å². The molecule has 3 fully saturated rings. The molecule has 2 saturated carbocycles. The summed E-state index contributed by atoms with van der Waals surface area (Å²) in [6.45, 7) is 5.98. The number of rotatable bonds is 7. The fourth-order valence-electron chi connectivity index (χ4n) is 4.33. The zero-order valence-corrected chi connectivity index (χ0v) is 18.2. The maximum Gasteiger partial charge on any atom is 0.191 e. The Morgan fingerprint density at radius 1 is 1.12 bits per heavy atom. The molecule has 0 spiro atoms. The summed E-state index contributed by atoms with van der Waals surface area (Å²) in [5, 5.41) is 7.15. The van der Waals surface area contributed by atoms with Crippen LogP contribution in [0.1, 0.15) is 57.8 Å². The molecule has 3 rings (SSSR count). The number of nitrogens with zero attached hydrogens (tertiary/aromatic N) is 2. The summed E-state index contributed by atoms with van der Waals surface area (Å²) >= 11 is 0. The topological polar surface area (TPSA) is 48.9 Å². The molecule has 0 aromatic heterocycles. The molecule has 2 N–H and O–H groups in total. The van der Waals surface area contributed by atoms with Crippen LogP contribution in [-0.4, -0.2) is 62.8 Å². The highest BCUT2D eigenvalue weighted by molar-refractivity contribution is 14.0. The first-order valence-electron chi connectivity index (χ1n) is 10.1. The van der Waals surface area contributed by atoms with Crippen LogP contribution < -0.4 is 10.6 Å². The molecule has 146 valence electrons. The number of morpholine rings is 1. The van der Waals surface area contributed by atoms with Gasteiger partial charge in [-0.25, -0.2) is 0 Å². The van der Waals surface area contributed by atoms with Crippen molar-refractivity contribution in [3.05, 3.63) is 0 Å². The van der Waals surface area contributed by atoms with Crippen molar-refractivity contribution in [3.63, 3.8) is 0 Å². The van der Waals surface area contributed by atoms with Crippen LogP contribution in [-0.2, 0) is 4.74 Å². The zero-order chi connectivity index (χ0) is 16.7. The third kappa shape index (κ3) is 6.54. The first-order valence-corrected chi connectivity index (χ1v) is 10.1. The van der Waals surface area contributed by atoms with Crippen LogP contribution >= 0.6 is 24.0 Å². The van der Waals surface area contributed by atoms with Crippen molar-refractivity contribution in [2.75, 3.05) is 46.4 Å². The van der Waals surface area contributed by atoms with Crippen LogP contribution in [0.4, 0.5) is 0 Å². The minimum atomic E-state index is 0. The number of halogens is 1. The molecule has 0 unspecified atom stereocenters. The van der Waals surface area contributed by atoms with E-state index in [1.54, 1.807) is 0 Å². The molecule has 2 aliphatic carbocycles. The molecule has 25 heavy (non-hydrogen) atoms. The maximum atomic E-state index is 5.57. The van der Waals surface area contributed by atoms with E-state index in [1.165, 1.54) is 57.8 Å². The Kier molecular flexibility index (Phi) is 9.27. The normalized spacial score (nSPS) is 24.4. The highest BCUT2D eigenvalue weighted by atomic mass is 127. The number of hydrogen-bond acceptors (Lipinski definition) is 3. The van der Waals surface area contributed by atoms with E-state index < -0.39 is 0 Å². The molecule has 3 aliphatic rings. The van der Waals surface area contributed by atoms with E-state index in [4.69, 9.17) is 4.74 Å². The lowest BCUT2D eigenvalue weighted by molar-refractivity contribution is -0.0352. The first kappa shape index (κ1) is 21.2. The van der Waals surface area contributed by atoms with Crippen LogP contribution in [0.3, 0.4) is 0 Å². The molecule has 1 saturated heterocycles. The Bertz CT molecular complexity index is 402. The molecular weight excluding hydrogens is 427 g/mol. The van der Waals surface area contributed by atoms with Gasteiger partial charge in [0.15, 0.2) is 5.96 Å². The molecule has 1 heterocycles. The van der Waals surface area contributed by atoms with Gasteiger partial charge in [-0.05, 0) is 31.6 Å². The molecule has 5 nitrogen and oxygen atoms in total. The number of ether oxygens (including phenoxy) is 1. The van der Waals surface area contributed by atoms with Gasteiger partial charge in [0.25, 0.3) is 0 Å². The van der Waals surface area contributed by atoms with Gasteiger partial charge in [-0.3, -0.25) is 9.89 Å². The quantitative estimate of drug-likeness (QED) is 0.263. The predicted molar refractivity (Wildman–Crippen MR) is 115 cm³/mol. The summed E-state index contributed by atoms with van der Waals surface area (Å²) in [7, 11) is 1.89. The van der Waals surface area contributed by atoms with Crippen molar-refractivity contribution in [2.24, 2.45) is 10.9 Å². The number of nitrogens with one attached hydrogen (secondary N) is 2. The molecule has 0 amide bonds. The molecule has 0 radical (unpaired) electrons. The lowest BCUT2D eigenvalue weighted by atomic mass is 9.80. The molecule has 0 bridgehead atoms. The number of aliphatic imine (C=N–C) groups is 1. The monoisotopic (exact) mass is 464 g/mol. The van der Waals surface area contributed by atoms with Crippen LogP contribution in [0.25, 0.3) is 0 Å². The Morgan fingerprint density at radius 2 is 1.84 bits per heavy atom. The molecule has 6 heteroatoms. The van der Waals surface area contributed by atoms with Gasteiger partial charge in [0, 0.05) is 38.8 Å². The van der Waals surface area contributed by atoms with Gasteiger partial charge < -0.3 is 15.4 Å². The van der Waals surface area contributed by atoms with Gasteiger partial charge in [0.1, 0.15) is 0 Å². The maximum absolute atomic E-state index is 5.57. The molecule has 0 atom stereocenters. The second kappa shape index (κ2) is 10.9. The zero-order valence-electron chi connectivity index (χ0n) is 15.9. The van der Waals surface area contributed by atoms with Gasteiger partial charge in [0.2, 0.25) is 0 Å². The van der Waals surface area contributed by atoms with Gasteiger partial charge >= 0.3 is 0 Å². The largest absolute Gasteiger partial charge is 0.379 e. The van der Waals surface area contributed by atoms with E-state index in [-0.39, 0.29) is 24.0 Å². The van der Waals surface area contributed by atoms with Gasteiger partial charge in [-0.1, -0.05) is 32.1 Å². The van der Waals surface area contributed by atoms with Crippen molar-refractivity contribution in [1.29, 1.82) is 0 Å². The van der Waals surface area contributed by atoms with E-state index in [1.807, 2.05) is 7.05 Å². The van der Waals surface area contributed by atoms with Crippen molar-refractivity contribution < 1.29 is 4.74 Å². The fraction of sp³-hybridized carbons (Fsp3) is 0.947. The van der Waals surface area contributed by atoms with Crippen molar-refractivity contribution in [1.82, 2.24) is 15.5 Å². The molecule has 0 aromatic carbocycles. The van der Waals surface area contributed by atoms with Crippen LogP contribution in [0.5, 0.6) is 0 Å². The SMILES string of the molecule is CN=C(NCCCC1CC1)NCC1(N2CCOCC2)CCCCC1.I. The smallest absolute Gasteiger partial charge is 0.191 e. The summed E-state index contributed by atoms with van der Waals surface area (Å²) in [6.07, 6.45) is 12.3. The average Bonchev–Trinajstić information content (AvgIpc) is 3.47. The van der Waals surface area contributed by atoms with E-state index in [0.29, 0.717) is 5.54 Å². The minimum Gasteiger partial charge on any atom is -0.379 e. The van der Waals surface area contributed by atoms with E-state index in [9.17, 15) is 0 Å². The molecule has 1 aliphatic heterocycles. The van der Waals surface area contributed by atoms with E-state index in [0.717, 1.165) is 51.3 Å². The lowest BCUT2D eigenvalue weighted by Crippen LogP contribution is -2.60. The Balaban J connectivity index is 0.00000225. The van der Waals surface area contributed by atoms with Gasteiger partial charge in [-0.2, -0.15) is 0 Å². The van der Waals surface area contributed by atoms with Gasteiger partial charge in [0.05, 0.1) is 13.2 Å². The Labute approximate surface area is 170 Å². The third-order valence-corrected chi connectivity index (χ3v) is 6.05. The van der Waals surface area contributed by atoms with Crippen LogP contribution in [0, 0.1) is 5.92 Å². The Hall–Kier alpha value is -0.0800. The second-order valence-electron chi connectivity index (χ2n) is 7.82. The van der Waals surface area contributed by atoms with Crippen molar-refractivity contribution in [2.45, 2.75) is 63.3 Å². The first-order chi connectivity index (χ1) is 11.8. The molecule has 0 aromatic rings. The van der Waals surface area contributed by atoms with Crippen LogP contribution in [0.15, 0.2) is 4.99 Å². The standard InChI is InChI=1S/C19H36N4O.HI/c1-20-18(21-11-5-6-17-7-8-17)22-16-19(9-3-2-4-10-19)23-12-14-24-15-13-23;/h17H,2-16H2,1H3,(H2,20,21,22);1H. The average molecular weight is 464 g/mol. The van der Waals surface area contributed by atoms with Crippen molar-refractivity contribution in [3.8, 4) is 0 Å². The fourth-order valence-corrected chi connectivity index (χ4v) is 4.33. The molecular formula is C19H37IN4O. The number of hydrogen-bond donors (Lipinski definition) is 2. The minimum absolute atomic E-state index is 0. The summed E-state index contributed by atoms with van der Waals surface area (Å²) in [4.78, 5) is 7.12. The van der Waals surface area contributed by atoms with E-state index in [2.05, 4.69) is 20.5 Å².